The number of non-ortho nitro benzene ring substituents is 1. The number of hydrogen-bond donors (Lipinski definition) is 1. The molecule has 1 heterocycles. The predicted molar refractivity (Wildman–Crippen MR) is 106 cm³/mol. The van der Waals surface area contributed by atoms with Crippen molar-refractivity contribution < 1.29 is 4.92 Å². The lowest BCUT2D eigenvalue weighted by atomic mass is 10.1. The van der Waals surface area contributed by atoms with Crippen LogP contribution in [-0.4, -0.2) is 16.1 Å². The van der Waals surface area contributed by atoms with Crippen molar-refractivity contribution in [2.75, 3.05) is 5.43 Å². The second-order valence-corrected chi connectivity index (χ2v) is 6.37. The van der Waals surface area contributed by atoms with Crippen molar-refractivity contribution in [3.05, 3.63) is 81.2 Å². The van der Waals surface area contributed by atoms with Gasteiger partial charge in [0, 0.05) is 23.1 Å². The number of nitro groups is 1. The largest absolute Gasteiger partial charge is 0.270 e. The van der Waals surface area contributed by atoms with Gasteiger partial charge in [-0.25, -0.2) is 4.98 Å². The number of thiazole rings is 1. The summed E-state index contributed by atoms with van der Waals surface area (Å²) in [5.41, 5.74) is 6.42. The molecule has 26 heavy (non-hydrogen) atoms. The molecule has 3 aromatic rings. The summed E-state index contributed by atoms with van der Waals surface area (Å²) in [4.78, 5) is 14.9. The van der Waals surface area contributed by atoms with E-state index in [-0.39, 0.29) is 5.69 Å². The van der Waals surface area contributed by atoms with Gasteiger partial charge in [0.2, 0.25) is 5.13 Å². The number of benzene rings is 2. The van der Waals surface area contributed by atoms with Crippen LogP contribution < -0.4 is 5.43 Å². The molecule has 0 amide bonds. The number of hydrazone groups is 1. The molecular formula is C19H16N4O2S. The van der Waals surface area contributed by atoms with Crippen LogP contribution in [0.15, 0.2) is 70.7 Å². The number of nitro benzene ring substituents is 1. The summed E-state index contributed by atoms with van der Waals surface area (Å²) in [7, 11) is 0. The van der Waals surface area contributed by atoms with Crippen molar-refractivity contribution in [1.29, 1.82) is 0 Å². The SMILES string of the molecule is C/C(C=NNc1nc(-c2cccc([N+](=O)[O-])c2)cs1)=C\c1ccccc1. The van der Waals surface area contributed by atoms with Gasteiger partial charge in [0.1, 0.15) is 0 Å². The topological polar surface area (TPSA) is 80.4 Å². The fourth-order valence-corrected chi connectivity index (χ4v) is 2.94. The Bertz CT molecular complexity index is 964. The highest BCUT2D eigenvalue weighted by Gasteiger charge is 2.09. The lowest BCUT2D eigenvalue weighted by molar-refractivity contribution is -0.384. The summed E-state index contributed by atoms with van der Waals surface area (Å²) in [5.74, 6) is 0. The van der Waals surface area contributed by atoms with Crippen LogP contribution >= 0.6 is 11.3 Å². The third-order valence-corrected chi connectivity index (χ3v) is 4.23. The number of aromatic nitrogens is 1. The molecule has 0 unspecified atom stereocenters. The minimum Gasteiger partial charge on any atom is -0.258 e. The van der Waals surface area contributed by atoms with Gasteiger partial charge in [0.25, 0.3) is 5.69 Å². The summed E-state index contributed by atoms with van der Waals surface area (Å²) in [6.07, 6.45) is 3.75. The average Bonchev–Trinajstić information content (AvgIpc) is 3.11. The van der Waals surface area contributed by atoms with Crippen LogP contribution in [0, 0.1) is 10.1 Å². The van der Waals surface area contributed by atoms with Crippen LogP contribution in [0.4, 0.5) is 10.8 Å². The minimum absolute atomic E-state index is 0.0460. The molecule has 0 saturated carbocycles. The van der Waals surface area contributed by atoms with Gasteiger partial charge in [0.05, 0.1) is 16.8 Å². The van der Waals surface area contributed by atoms with Gasteiger partial charge in [-0.1, -0.05) is 48.5 Å². The third-order valence-electron chi connectivity index (χ3n) is 3.48. The number of nitrogens with one attached hydrogen (secondary N) is 1. The lowest BCUT2D eigenvalue weighted by Crippen LogP contribution is -1.90. The van der Waals surface area contributed by atoms with Crippen molar-refractivity contribution in [3.8, 4) is 11.3 Å². The van der Waals surface area contributed by atoms with Gasteiger partial charge < -0.3 is 0 Å². The minimum atomic E-state index is -0.416. The molecule has 0 aliphatic rings. The standard InChI is InChI=1S/C19H16N4O2S/c1-14(10-15-6-3-2-4-7-15)12-20-22-19-21-18(13-26-19)16-8-5-9-17(11-16)23(24)25/h2-13H,1H3,(H,21,22)/b14-10+,20-12?. The van der Waals surface area contributed by atoms with Crippen molar-refractivity contribution in [2.24, 2.45) is 5.10 Å². The second kappa shape index (κ2) is 8.17. The normalized spacial score (nSPS) is 11.7. The molecule has 130 valence electrons. The van der Waals surface area contributed by atoms with Crippen molar-refractivity contribution in [1.82, 2.24) is 4.98 Å². The maximum Gasteiger partial charge on any atom is 0.270 e. The van der Waals surface area contributed by atoms with E-state index in [0.717, 1.165) is 11.1 Å². The number of nitrogens with zero attached hydrogens (tertiary/aromatic N) is 3. The zero-order valence-electron chi connectivity index (χ0n) is 14.0. The Balaban J connectivity index is 1.66. The fraction of sp³-hybridized carbons (Fsp3) is 0.0526. The van der Waals surface area contributed by atoms with Crippen LogP contribution in [0.5, 0.6) is 0 Å². The van der Waals surface area contributed by atoms with E-state index in [4.69, 9.17) is 0 Å². The first-order chi connectivity index (χ1) is 12.6. The number of anilines is 1. The van der Waals surface area contributed by atoms with Gasteiger partial charge in [-0.15, -0.1) is 11.3 Å². The Morgan fingerprint density at radius 1 is 1.23 bits per heavy atom. The van der Waals surface area contributed by atoms with Gasteiger partial charge >= 0.3 is 0 Å². The van der Waals surface area contributed by atoms with E-state index in [2.05, 4.69) is 15.5 Å². The smallest absolute Gasteiger partial charge is 0.258 e. The fourth-order valence-electron chi connectivity index (χ4n) is 2.28. The quantitative estimate of drug-likeness (QED) is 0.369. The first kappa shape index (κ1) is 17.5. The van der Waals surface area contributed by atoms with E-state index in [1.165, 1.54) is 23.5 Å². The van der Waals surface area contributed by atoms with Crippen molar-refractivity contribution >= 4 is 34.4 Å². The Kier molecular flexibility index (Phi) is 5.50. The summed E-state index contributed by atoms with van der Waals surface area (Å²) in [6.45, 7) is 1.97. The van der Waals surface area contributed by atoms with Crippen molar-refractivity contribution in [2.45, 2.75) is 6.92 Å². The predicted octanol–water partition coefficient (Wildman–Crippen LogP) is 5.22. The maximum absolute atomic E-state index is 10.9. The van der Waals surface area contributed by atoms with Crippen LogP contribution in [0.2, 0.25) is 0 Å². The summed E-state index contributed by atoms with van der Waals surface area (Å²) in [5, 5.41) is 17.5. The van der Waals surface area contributed by atoms with Crippen molar-refractivity contribution in [3.63, 3.8) is 0 Å². The molecule has 0 fully saturated rings. The highest BCUT2D eigenvalue weighted by molar-refractivity contribution is 7.14. The zero-order chi connectivity index (χ0) is 18.4. The highest BCUT2D eigenvalue weighted by Crippen LogP contribution is 2.27. The Labute approximate surface area is 154 Å². The maximum atomic E-state index is 10.9. The van der Waals surface area contributed by atoms with Crippen LogP contribution in [0.25, 0.3) is 17.3 Å². The second-order valence-electron chi connectivity index (χ2n) is 5.51. The molecule has 0 saturated heterocycles. The molecular weight excluding hydrogens is 348 g/mol. The lowest BCUT2D eigenvalue weighted by Gasteiger charge is -1.97. The summed E-state index contributed by atoms with van der Waals surface area (Å²) in [6, 6.07) is 16.4. The molecule has 2 aromatic carbocycles. The van der Waals surface area contributed by atoms with Gasteiger partial charge in [-0.05, 0) is 18.1 Å². The number of hydrogen-bond acceptors (Lipinski definition) is 6. The van der Waals surface area contributed by atoms with E-state index in [0.29, 0.717) is 16.4 Å². The van der Waals surface area contributed by atoms with Crippen LogP contribution in [-0.2, 0) is 0 Å². The zero-order valence-corrected chi connectivity index (χ0v) is 14.8. The first-order valence-corrected chi connectivity index (χ1v) is 8.72. The molecule has 3 rings (SSSR count). The van der Waals surface area contributed by atoms with Gasteiger partial charge in [-0.3, -0.25) is 15.5 Å². The van der Waals surface area contributed by atoms with E-state index >= 15 is 0 Å². The van der Waals surface area contributed by atoms with Gasteiger partial charge in [0.15, 0.2) is 0 Å². The first-order valence-electron chi connectivity index (χ1n) is 7.84. The van der Waals surface area contributed by atoms with Crippen LogP contribution in [0.3, 0.4) is 0 Å². The van der Waals surface area contributed by atoms with Gasteiger partial charge in [-0.2, -0.15) is 5.10 Å². The molecule has 1 aromatic heterocycles. The summed E-state index contributed by atoms with van der Waals surface area (Å²) >= 11 is 1.39. The molecule has 7 heteroatoms. The monoisotopic (exact) mass is 364 g/mol. The van der Waals surface area contributed by atoms with E-state index in [1.54, 1.807) is 18.3 Å². The third kappa shape index (κ3) is 4.61. The molecule has 6 nitrogen and oxygen atoms in total. The average molecular weight is 364 g/mol. The molecule has 0 bridgehead atoms. The molecule has 0 spiro atoms. The van der Waals surface area contributed by atoms with E-state index < -0.39 is 4.92 Å². The van der Waals surface area contributed by atoms with E-state index in [9.17, 15) is 10.1 Å². The number of rotatable bonds is 6. The van der Waals surface area contributed by atoms with E-state index in [1.807, 2.05) is 48.7 Å². The Hall–Kier alpha value is -3.32. The summed E-state index contributed by atoms with van der Waals surface area (Å²) < 4.78 is 0. The Morgan fingerprint density at radius 3 is 2.81 bits per heavy atom. The number of allylic oxidation sites excluding steroid dienone is 1. The molecule has 0 aliphatic carbocycles. The Morgan fingerprint density at radius 2 is 2.04 bits per heavy atom. The van der Waals surface area contributed by atoms with Crippen LogP contribution in [0.1, 0.15) is 12.5 Å². The highest BCUT2D eigenvalue weighted by atomic mass is 32.1. The molecule has 0 atom stereocenters. The molecule has 1 N–H and O–H groups in total. The molecule has 0 aliphatic heterocycles. The molecule has 0 radical (unpaired) electrons.